The molecule has 2 aromatic carbocycles. The van der Waals surface area contributed by atoms with Crippen molar-refractivity contribution < 1.29 is 14.6 Å². The third-order valence-electron chi connectivity index (χ3n) is 4.13. The van der Waals surface area contributed by atoms with Gasteiger partial charge < -0.3 is 15.2 Å². The van der Waals surface area contributed by atoms with E-state index >= 15 is 0 Å². The van der Waals surface area contributed by atoms with Crippen molar-refractivity contribution in [2.75, 3.05) is 39.4 Å². The molecule has 5 nitrogen and oxygen atoms in total. The van der Waals surface area contributed by atoms with Gasteiger partial charge in [-0.3, -0.25) is 9.69 Å². The lowest BCUT2D eigenvalue weighted by atomic mass is 10.0. The summed E-state index contributed by atoms with van der Waals surface area (Å²) < 4.78 is 5.32. The second-order valence-electron chi connectivity index (χ2n) is 5.78. The number of rotatable bonds is 5. The van der Waals surface area contributed by atoms with Crippen LogP contribution in [0.4, 0.5) is 0 Å². The van der Waals surface area contributed by atoms with E-state index in [1.165, 1.54) is 6.07 Å². The van der Waals surface area contributed by atoms with Crippen LogP contribution in [0.1, 0.15) is 16.8 Å². The number of carbonyl (C=O) groups excluding carboxylic acids is 1. The lowest BCUT2D eigenvalue weighted by molar-refractivity contribution is 0.0374. The smallest absolute Gasteiger partial charge is 0.252 e. The molecule has 0 saturated carbocycles. The predicted molar refractivity (Wildman–Crippen MR) is 89.8 cm³/mol. The maximum atomic E-state index is 12.4. The van der Waals surface area contributed by atoms with Crippen LogP contribution >= 0.6 is 0 Å². The number of hydrogen-bond donors (Lipinski definition) is 2. The van der Waals surface area contributed by atoms with Gasteiger partial charge in [0.2, 0.25) is 0 Å². The summed E-state index contributed by atoms with van der Waals surface area (Å²) in [6.07, 6.45) is 0.905. The zero-order valence-electron chi connectivity index (χ0n) is 13.1. The van der Waals surface area contributed by atoms with E-state index in [1.807, 2.05) is 24.3 Å². The standard InChI is InChI=1S/C18H22N2O3/c21-15-12-14-4-1-2-5-16(14)17(13-15)18(22)19-6-3-7-20-8-10-23-11-9-20/h1-2,4-5,12-13,21H,3,6-11H2,(H,19,22). The molecule has 2 aromatic rings. The van der Waals surface area contributed by atoms with E-state index in [9.17, 15) is 9.90 Å². The molecular weight excluding hydrogens is 292 g/mol. The molecule has 0 aliphatic carbocycles. The van der Waals surface area contributed by atoms with E-state index in [0.717, 1.165) is 50.0 Å². The van der Waals surface area contributed by atoms with Crippen LogP contribution in [-0.2, 0) is 4.74 Å². The third-order valence-corrected chi connectivity index (χ3v) is 4.13. The highest BCUT2D eigenvalue weighted by Gasteiger charge is 2.12. The Morgan fingerprint density at radius 1 is 1.22 bits per heavy atom. The van der Waals surface area contributed by atoms with Gasteiger partial charge in [-0.05, 0) is 35.9 Å². The molecule has 1 aliphatic heterocycles. The highest BCUT2D eigenvalue weighted by atomic mass is 16.5. The van der Waals surface area contributed by atoms with Crippen molar-refractivity contribution in [1.29, 1.82) is 0 Å². The molecule has 1 amide bonds. The van der Waals surface area contributed by atoms with Gasteiger partial charge in [-0.1, -0.05) is 24.3 Å². The molecule has 1 saturated heterocycles. The fourth-order valence-electron chi connectivity index (χ4n) is 2.91. The Labute approximate surface area is 135 Å². The van der Waals surface area contributed by atoms with Crippen LogP contribution in [0.5, 0.6) is 5.75 Å². The molecule has 0 unspecified atom stereocenters. The van der Waals surface area contributed by atoms with Gasteiger partial charge in [-0.15, -0.1) is 0 Å². The topological polar surface area (TPSA) is 61.8 Å². The molecule has 122 valence electrons. The van der Waals surface area contributed by atoms with Crippen molar-refractivity contribution in [3.8, 4) is 5.75 Å². The molecule has 5 heteroatoms. The van der Waals surface area contributed by atoms with Gasteiger partial charge in [0, 0.05) is 19.6 Å². The number of nitrogens with one attached hydrogen (secondary N) is 1. The minimum Gasteiger partial charge on any atom is -0.508 e. The van der Waals surface area contributed by atoms with E-state index in [1.54, 1.807) is 6.07 Å². The van der Waals surface area contributed by atoms with Gasteiger partial charge in [0.15, 0.2) is 0 Å². The number of ether oxygens (including phenoxy) is 1. The highest BCUT2D eigenvalue weighted by molar-refractivity contribution is 6.07. The van der Waals surface area contributed by atoms with E-state index in [4.69, 9.17) is 4.74 Å². The largest absolute Gasteiger partial charge is 0.508 e. The van der Waals surface area contributed by atoms with Crippen LogP contribution in [0.2, 0.25) is 0 Å². The van der Waals surface area contributed by atoms with Gasteiger partial charge >= 0.3 is 0 Å². The molecule has 0 atom stereocenters. The first-order valence-corrected chi connectivity index (χ1v) is 8.04. The van der Waals surface area contributed by atoms with Gasteiger partial charge in [-0.25, -0.2) is 0 Å². The first-order valence-electron chi connectivity index (χ1n) is 8.04. The highest BCUT2D eigenvalue weighted by Crippen LogP contribution is 2.24. The Hall–Kier alpha value is -2.11. The number of fused-ring (bicyclic) bond motifs is 1. The normalized spacial score (nSPS) is 15.7. The van der Waals surface area contributed by atoms with E-state index in [2.05, 4.69) is 10.2 Å². The Balaban J connectivity index is 1.58. The first kappa shape index (κ1) is 15.8. The molecule has 0 aromatic heterocycles. The molecule has 2 N–H and O–H groups in total. The van der Waals surface area contributed by atoms with Gasteiger partial charge in [0.05, 0.1) is 18.8 Å². The summed E-state index contributed by atoms with van der Waals surface area (Å²) in [5.74, 6) is -0.0266. The molecule has 1 aliphatic rings. The second kappa shape index (κ2) is 7.44. The number of aromatic hydroxyl groups is 1. The Kier molecular flexibility index (Phi) is 5.10. The zero-order chi connectivity index (χ0) is 16.1. The maximum absolute atomic E-state index is 12.4. The minimum absolute atomic E-state index is 0.113. The summed E-state index contributed by atoms with van der Waals surface area (Å²) >= 11 is 0. The number of hydrogen-bond acceptors (Lipinski definition) is 4. The van der Waals surface area contributed by atoms with Gasteiger partial charge in [0.1, 0.15) is 5.75 Å². The number of morpholine rings is 1. The monoisotopic (exact) mass is 314 g/mol. The minimum atomic E-state index is -0.140. The van der Waals surface area contributed by atoms with Crippen molar-refractivity contribution in [3.05, 3.63) is 42.0 Å². The molecule has 1 heterocycles. The van der Waals surface area contributed by atoms with E-state index < -0.39 is 0 Å². The van der Waals surface area contributed by atoms with Crippen molar-refractivity contribution in [2.24, 2.45) is 0 Å². The lowest BCUT2D eigenvalue weighted by Crippen LogP contribution is -2.38. The van der Waals surface area contributed by atoms with Crippen molar-refractivity contribution in [2.45, 2.75) is 6.42 Å². The molecule has 0 radical (unpaired) electrons. The zero-order valence-corrected chi connectivity index (χ0v) is 13.1. The van der Waals surface area contributed by atoms with Crippen LogP contribution in [0.15, 0.2) is 36.4 Å². The number of benzene rings is 2. The average Bonchev–Trinajstić information content (AvgIpc) is 2.58. The van der Waals surface area contributed by atoms with E-state index in [0.29, 0.717) is 12.1 Å². The summed E-state index contributed by atoms with van der Waals surface area (Å²) in [6, 6.07) is 10.8. The number of carbonyl (C=O) groups is 1. The van der Waals surface area contributed by atoms with Crippen LogP contribution in [0.25, 0.3) is 10.8 Å². The predicted octanol–water partition coefficient (Wildman–Crippen LogP) is 2.00. The quantitative estimate of drug-likeness (QED) is 0.829. The van der Waals surface area contributed by atoms with Crippen molar-refractivity contribution in [3.63, 3.8) is 0 Å². The first-order chi connectivity index (χ1) is 11.2. The molecular formula is C18H22N2O3. The maximum Gasteiger partial charge on any atom is 0.252 e. The second-order valence-corrected chi connectivity index (χ2v) is 5.78. The van der Waals surface area contributed by atoms with Crippen LogP contribution in [0.3, 0.4) is 0 Å². The third kappa shape index (κ3) is 4.00. The number of amides is 1. The van der Waals surface area contributed by atoms with Crippen molar-refractivity contribution >= 4 is 16.7 Å². The van der Waals surface area contributed by atoms with Gasteiger partial charge in [0.25, 0.3) is 5.91 Å². The molecule has 3 rings (SSSR count). The van der Waals surface area contributed by atoms with E-state index in [-0.39, 0.29) is 11.7 Å². The van der Waals surface area contributed by atoms with Crippen LogP contribution in [-0.4, -0.2) is 55.3 Å². The van der Waals surface area contributed by atoms with Crippen molar-refractivity contribution in [1.82, 2.24) is 10.2 Å². The summed E-state index contributed by atoms with van der Waals surface area (Å²) in [6.45, 7) is 5.10. The Bertz CT molecular complexity index is 681. The Morgan fingerprint density at radius 2 is 2.00 bits per heavy atom. The number of phenols is 1. The summed E-state index contributed by atoms with van der Waals surface area (Å²) in [4.78, 5) is 14.8. The Morgan fingerprint density at radius 3 is 2.83 bits per heavy atom. The number of nitrogens with zero attached hydrogens (tertiary/aromatic N) is 1. The molecule has 0 bridgehead atoms. The molecule has 1 fully saturated rings. The summed E-state index contributed by atoms with van der Waals surface area (Å²) in [7, 11) is 0. The number of phenolic OH excluding ortho intramolecular Hbond substituents is 1. The molecule has 0 spiro atoms. The SMILES string of the molecule is O=C(NCCCN1CCOCC1)c1cc(O)cc2ccccc12. The fraction of sp³-hybridized carbons (Fsp3) is 0.389. The fourth-order valence-corrected chi connectivity index (χ4v) is 2.91. The average molecular weight is 314 g/mol. The van der Waals surface area contributed by atoms with Gasteiger partial charge in [-0.2, -0.15) is 0 Å². The summed E-state index contributed by atoms with van der Waals surface area (Å²) in [5, 5.41) is 14.5. The lowest BCUT2D eigenvalue weighted by Gasteiger charge is -2.26. The summed E-state index contributed by atoms with van der Waals surface area (Å²) in [5.41, 5.74) is 0.520. The van der Waals surface area contributed by atoms with Crippen LogP contribution in [0, 0.1) is 0 Å². The molecule has 23 heavy (non-hydrogen) atoms. The van der Waals surface area contributed by atoms with Crippen LogP contribution < -0.4 is 5.32 Å².